The molecule has 0 aliphatic heterocycles. The fraction of sp³-hybridized carbons (Fsp3) is 0.0417. The van der Waals surface area contributed by atoms with Gasteiger partial charge in [-0.3, -0.25) is 4.98 Å². The van der Waals surface area contributed by atoms with Gasteiger partial charge in [0, 0.05) is 16.6 Å². The van der Waals surface area contributed by atoms with Gasteiger partial charge in [0.05, 0.1) is 16.0 Å². The smallest absolute Gasteiger partial charge is 0.135 e. The number of halogens is 2. The third-order valence-corrected chi connectivity index (χ3v) is 6.06. The van der Waals surface area contributed by atoms with E-state index >= 15 is 0 Å². The summed E-state index contributed by atoms with van der Waals surface area (Å²) in [6, 6.07) is 20.8. The summed E-state index contributed by atoms with van der Waals surface area (Å²) in [4.78, 5) is 5.14. The molecule has 5 rings (SSSR count). The van der Waals surface area contributed by atoms with Crippen LogP contribution >= 0.6 is 11.3 Å². The van der Waals surface area contributed by atoms with E-state index in [2.05, 4.69) is 29.2 Å². The molecule has 0 N–H and O–H groups in total. The van der Waals surface area contributed by atoms with Gasteiger partial charge in [-0.2, -0.15) is 0 Å². The molecule has 0 saturated heterocycles. The van der Waals surface area contributed by atoms with Crippen molar-refractivity contribution in [2.24, 2.45) is 0 Å². The Balaban J connectivity index is 1.71. The molecule has 1 nitrogen and oxygen atoms in total. The first-order valence-corrected chi connectivity index (χ1v) is 9.75. The van der Waals surface area contributed by atoms with Crippen molar-refractivity contribution in [3.05, 3.63) is 90.1 Å². The molecule has 28 heavy (non-hydrogen) atoms. The van der Waals surface area contributed by atoms with Crippen molar-refractivity contribution in [2.45, 2.75) is 6.92 Å². The van der Waals surface area contributed by atoms with Crippen molar-refractivity contribution in [2.75, 3.05) is 0 Å². The van der Waals surface area contributed by atoms with Crippen LogP contribution in [0.4, 0.5) is 8.78 Å². The second-order valence-electron chi connectivity index (χ2n) is 6.85. The Labute approximate surface area is 164 Å². The van der Waals surface area contributed by atoms with Crippen LogP contribution in [0.2, 0.25) is 0 Å². The van der Waals surface area contributed by atoms with Crippen molar-refractivity contribution < 1.29 is 8.78 Å². The van der Waals surface area contributed by atoms with Gasteiger partial charge in [-0.05, 0) is 59.0 Å². The van der Waals surface area contributed by atoms with Crippen LogP contribution < -0.4 is 0 Å². The normalized spacial score (nSPS) is 11.4. The summed E-state index contributed by atoms with van der Waals surface area (Å²) in [5.74, 6) is -1.08. The third kappa shape index (κ3) is 2.77. The van der Waals surface area contributed by atoms with E-state index in [0.717, 1.165) is 32.1 Å². The van der Waals surface area contributed by atoms with Gasteiger partial charge >= 0.3 is 0 Å². The molecule has 0 radical (unpaired) electrons. The maximum atomic E-state index is 14.5. The van der Waals surface area contributed by atoms with Crippen molar-refractivity contribution >= 4 is 32.2 Å². The number of thiophene rings is 1. The maximum Gasteiger partial charge on any atom is 0.135 e. The van der Waals surface area contributed by atoms with Crippen LogP contribution in [0.1, 0.15) is 5.56 Å². The first-order valence-electron chi connectivity index (χ1n) is 8.94. The zero-order valence-electron chi connectivity index (χ0n) is 15.0. The van der Waals surface area contributed by atoms with Crippen LogP contribution in [0.25, 0.3) is 42.6 Å². The number of pyridine rings is 1. The summed E-state index contributed by atoms with van der Waals surface area (Å²) >= 11 is 1.37. The Hall–Kier alpha value is -3.11. The van der Waals surface area contributed by atoms with Gasteiger partial charge in [0.2, 0.25) is 0 Å². The topological polar surface area (TPSA) is 12.9 Å². The molecule has 0 aliphatic carbocycles. The molecule has 4 heteroatoms. The average Bonchev–Trinajstić information content (AvgIpc) is 3.10. The SMILES string of the molecule is Cc1cc(F)c(-c2cc3ccnc(-c4ccc5ccccc5c4)c3s2)c(F)c1. The highest BCUT2D eigenvalue weighted by atomic mass is 32.1. The molecular weight excluding hydrogens is 372 g/mol. The van der Waals surface area contributed by atoms with Gasteiger partial charge in [-0.15, -0.1) is 11.3 Å². The van der Waals surface area contributed by atoms with E-state index in [-0.39, 0.29) is 5.56 Å². The molecule has 0 spiro atoms. The fourth-order valence-electron chi connectivity index (χ4n) is 3.57. The Morgan fingerprint density at radius 3 is 2.32 bits per heavy atom. The number of benzene rings is 3. The summed E-state index contributed by atoms with van der Waals surface area (Å²) in [6.07, 6.45) is 1.74. The van der Waals surface area contributed by atoms with E-state index < -0.39 is 11.6 Å². The van der Waals surface area contributed by atoms with E-state index in [9.17, 15) is 8.78 Å². The molecule has 0 amide bonds. The van der Waals surface area contributed by atoms with E-state index in [1.165, 1.54) is 23.5 Å². The monoisotopic (exact) mass is 387 g/mol. The molecule has 136 valence electrons. The minimum Gasteiger partial charge on any atom is -0.255 e. The van der Waals surface area contributed by atoms with Crippen molar-refractivity contribution in [3.63, 3.8) is 0 Å². The van der Waals surface area contributed by atoms with Crippen LogP contribution in [0.15, 0.2) is 72.9 Å². The molecule has 0 saturated carbocycles. The number of aryl methyl sites for hydroxylation is 1. The molecule has 0 aliphatic rings. The van der Waals surface area contributed by atoms with Crippen molar-refractivity contribution in [3.8, 4) is 21.7 Å². The lowest BCUT2D eigenvalue weighted by Gasteiger charge is -2.05. The van der Waals surface area contributed by atoms with Gasteiger partial charge in [-0.25, -0.2) is 8.78 Å². The molecule has 0 fully saturated rings. The van der Waals surface area contributed by atoms with E-state index in [0.29, 0.717) is 10.4 Å². The predicted octanol–water partition coefficient (Wildman–Crippen LogP) is 7.37. The van der Waals surface area contributed by atoms with Crippen LogP contribution in [-0.2, 0) is 0 Å². The molecule has 2 aromatic heterocycles. The molecule has 0 unspecified atom stereocenters. The molecule has 2 heterocycles. The van der Waals surface area contributed by atoms with Gasteiger partial charge in [0.25, 0.3) is 0 Å². The van der Waals surface area contributed by atoms with Gasteiger partial charge in [-0.1, -0.05) is 36.4 Å². The van der Waals surface area contributed by atoms with E-state index in [1.54, 1.807) is 13.1 Å². The molecular formula is C24H15F2NS. The van der Waals surface area contributed by atoms with Crippen LogP contribution in [-0.4, -0.2) is 4.98 Å². The Bertz CT molecular complexity index is 1330. The summed E-state index contributed by atoms with van der Waals surface area (Å²) in [5, 5.41) is 3.22. The number of hydrogen-bond acceptors (Lipinski definition) is 2. The lowest BCUT2D eigenvalue weighted by molar-refractivity contribution is 0.588. The predicted molar refractivity (Wildman–Crippen MR) is 113 cm³/mol. The Morgan fingerprint density at radius 2 is 1.54 bits per heavy atom. The zero-order valence-corrected chi connectivity index (χ0v) is 15.9. The maximum absolute atomic E-state index is 14.5. The molecule has 0 bridgehead atoms. The largest absolute Gasteiger partial charge is 0.255 e. The number of aromatic nitrogens is 1. The van der Waals surface area contributed by atoms with Crippen LogP contribution in [0, 0.1) is 18.6 Å². The lowest BCUT2D eigenvalue weighted by atomic mass is 10.0. The zero-order chi connectivity index (χ0) is 19.3. The van der Waals surface area contributed by atoms with Gasteiger partial charge < -0.3 is 0 Å². The van der Waals surface area contributed by atoms with Crippen molar-refractivity contribution in [1.82, 2.24) is 4.98 Å². The number of rotatable bonds is 2. The first kappa shape index (κ1) is 17.0. The summed E-state index contributed by atoms with van der Waals surface area (Å²) in [5.41, 5.74) is 2.41. The molecule has 5 aromatic rings. The Morgan fingerprint density at radius 1 is 0.786 bits per heavy atom. The lowest BCUT2D eigenvalue weighted by Crippen LogP contribution is -1.89. The second kappa shape index (κ2) is 6.50. The van der Waals surface area contributed by atoms with E-state index in [4.69, 9.17) is 0 Å². The highest BCUT2D eigenvalue weighted by molar-refractivity contribution is 7.22. The average molecular weight is 387 g/mol. The number of nitrogens with zero attached hydrogens (tertiary/aromatic N) is 1. The molecule has 3 aromatic carbocycles. The van der Waals surface area contributed by atoms with Crippen molar-refractivity contribution in [1.29, 1.82) is 0 Å². The van der Waals surface area contributed by atoms with Gasteiger partial charge in [0.15, 0.2) is 0 Å². The highest BCUT2D eigenvalue weighted by Gasteiger charge is 2.17. The minimum absolute atomic E-state index is 0.0243. The second-order valence-corrected chi connectivity index (χ2v) is 7.91. The minimum atomic E-state index is -0.538. The summed E-state index contributed by atoms with van der Waals surface area (Å²) in [6.45, 7) is 1.68. The quantitative estimate of drug-likeness (QED) is 0.308. The molecule has 0 atom stereocenters. The Kier molecular flexibility index (Phi) is 3.95. The number of fused-ring (bicyclic) bond motifs is 2. The standard InChI is InChI=1S/C24H15F2NS/c1-14-10-19(25)22(20(26)11-14)21-13-18-8-9-27-23(24(18)28-21)17-7-6-15-4-2-3-5-16(15)12-17/h2-13H,1H3. The first-order chi connectivity index (χ1) is 13.6. The highest BCUT2D eigenvalue weighted by Crippen LogP contribution is 2.40. The van der Waals surface area contributed by atoms with Gasteiger partial charge in [0.1, 0.15) is 11.6 Å². The third-order valence-electron chi connectivity index (χ3n) is 4.89. The van der Waals surface area contributed by atoms with E-state index in [1.807, 2.05) is 30.3 Å². The summed E-state index contributed by atoms with van der Waals surface area (Å²) < 4.78 is 29.9. The van der Waals surface area contributed by atoms with Crippen LogP contribution in [0.5, 0.6) is 0 Å². The number of hydrogen-bond donors (Lipinski definition) is 0. The fourth-order valence-corrected chi connectivity index (χ4v) is 4.78. The van der Waals surface area contributed by atoms with Crippen LogP contribution in [0.3, 0.4) is 0 Å². The summed E-state index contributed by atoms with van der Waals surface area (Å²) in [7, 11) is 0.